The topological polar surface area (TPSA) is 72.9 Å². The summed E-state index contributed by atoms with van der Waals surface area (Å²) in [4.78, 5) is 12.2. The lowest BCUT2D eigenvalue weighted by Gasteiger charge is -2.39. The van der Waals surface area contributed by atoms with Crippen molar-refractivity contribution < 1.29 is 4.79 Å². The Bertz CT molecular complexity index is 452. The number of carbonyl (C=O) groups is 1. The summed E-state index contributed by atoms with van der Waals surface area (Å²) in [6.07, 6.45) is 8.05. The number of rotatable bonds is 3. The molecule has 5 heteroatoms. The van der Waals surface area contributed by atoms with Crippen LogP contribution in [0.4, 0.5) is 0 Å². The molecule has 0 spiro atoms. The van der Waals surface area contributed by atoms with E-state index in [1.54, 1.807) is 17.1 Å². The van der Waals surface area contributed by atoms with E-state index in [0.717, 1.165) is 18.4 Å². The van der Waals surface area contributed by atoms with E-state index in [2.05, 4.69) is 24.3 Å². The van der Waals surface area contributed by atoms with Gasteiger partial charge >= 0.3 is 0 Å². The first-order valence-corrected chi connectivity index (χ1v) is 6.94. The van der Waals surface area contributed by atoms with Crippen LogP contribution in [0.5, 0.6) is 0 Å². The molecule has 1 aliphatic carbocycles. The highest BCUT2D eigenvalue weighted by atomic mass is 16.2. The molecule has 2 rings (SSSR count). The SMILES string of the molecule is Cn1cc(C(N)C(=O)NC2CCCCC2(C)C)cn1. The summed E-state index contributed by atoms with van der Waals surface area (Å²) < 4.78 is 1.66. The molecule has 0 aromatic carbocycles. The van der Waals surface area contributed by atoms with E-state index >= 15 is 0 Å². The van der Waals surface area contributed by atoms with Crippen molar-refractivity contribution in [2.24, 2.45) is 18.2 Å². The van der Waals surface area contributed by atoms with Crippen molar-refractivity contribution in [3.8, 4) is 0 Å². The number of hydrogen-bond donors (Lipinski definition) is 2. The molecule has 1 heterocycles. The van der Waals surface area contributed by atoms with Gasteiger partial charge in [0.15, 0.2) is 0 Å². The standard InChI is InChI=1S/C14H24N4O/c1-14(2)7-5-4-6-11(14)17-13(19)12(15)10-8-16-18(3)9-10/h8-9,11-12H,4-7,15H2,1-3H3,(H,17,19). The van der Waals surface area contributed by atoms with E-state index in [0.29, 0.717) is 0 Å². The van der Waals surface area contributed by atoms with Crippen molar-refractivity contribution in [3.05, 3.63) is 18.0 Å². The Kier molecular flexibility index (Phi) is 3.94. The van der Waals surface area contributed by atoms with Crippen LogP contribution in [0.15, 0.2) is 12.4 Å². The smallest absolute Gasteiger partial charge is 0.241 e. The maximum Gasteiger partial charge on any atom is 0.241 e. The van der Waals surface area contributed by atoms with Gasteiger partial charge in [0.2, 0.25) is 5.91 Å². The number of nitrogens with two attached hydrogens (primary N) is 1. The fraction of sp³-hybridized carbons (Fsp3) is 0.714. The third kappa shape index (κ3) is 3.15. The zero-order valence-electron chi connectivity index (χ0n) is 12.0. The average Bonchev–Trinajstić information content (AvgIpc) is 2.77. The zero-order valence-corrected chi connectivity index (χ0v) is 12.0. The van der Waals surface area contributed by atoms with Gasteiger partial charge < -0.3 is 11.1 Å². The number of nitrogens with one attached hydrogen (secondary N) is 1. The summed E-state index contributed by atoms with van der Waals surface area (Å²) in [6.45, 7) is 4.43. The number of hydrogen-bond acceptors (Lipinski definition) is 3. The molecule has 0 bridgehead atoms. The molecule has 0 aliphatic heterocycles. The highest BCUT2D eigenvalue weighted by Crippen LogP contribution is 2.35. The van der Waals surface area contributed by atoms with Gasteiger partial charge in [0, 0.05) is 24.8 Å². The molecule has 2 unspecified atom stereocenters. The van der Waals surface area contributed by atoms with Crippen LogP contribution >= 0.6 is 0 Å². The maximum atomic E-state index is 12.2. The predicted molar refractivity (Wildman–Crippen MR) is 74.3 cm³/mol. The quantitative estimate of drug-likeness (QED) is 0.869. The minimum Gasteiger partial charge on any atom is -0.351 e. The van der Waals surface area contributed by atoms with Gasteiger partial charge in [-0.25, -0.2) is 0 Å². The maximum absolute atomic E-state index is 12.2. The van der Waals surface area contributed by atoms with Crippen LogP contribution in [0.3, 0.4) is 0 Å². The second-order valence-electron chi connectivity index (χ2n) is 6.22. The highest BCUT2D eigenvalue weighted by molar-refractivity contribution is 5.83. The van der Waals surface area contributed by atoms with Gasteiger partial charge in [0.05, 0.1) is 6.20 Å². The van der Waals surface area contributed by atoms with Crippen LogP contribution < -0.4 is 11.1 Å². The normalized spacial score (nSPS) is 23.9. The first-order valence-electron chi connectivity index (χ1n) is 6.94. The van der Waals surface area contributed by atoms with Crippen molar-refractivity contribution in [1.29, 1.82) is 0 Å². The Morgan fingerprint density at radius 2 is 2.32 bits per heavy atom. The van der Waals surface area contributed by atoms with E-state index in [4.69, 9.17) is 5.73 Å². The highest BCUT2D eigenvalue weighted by Gasteiger charge is 2.34. The van der Waals surface area contributed by atoms with Crippen LogP contribution in [-0.2, 0) is 11.8 Å². The van der Waals surface area contributed by atoms with Gasteiger partial charge in [-0.2, -0.15) is 5.10 Å². The van der Waals surface area contributed by atoms with Gasteiger partial charge in [0.25, 0.3) is 0 Å². The van der Waals surface area contributed by atoms with E-state index < -0.39 is 6.04 Å². The van der Waals surface area contributed by atoms with Crippen molar-refractivity contribution >= 4 is 5.91 Å². The second kappa shape index (κ2) is 5.33. The lowest BCUT2D eigenvalue weighted by Crippen LogP contribution is -2.49. The van der Waals surface area contributed by atoms with Crippen molar-refractivity contribution in [1.82, 2.24) is 15.1 Å². The predicted octanol–water partition coefficient (Wildman–Crippen LogP) is 1.50. The fourth-order valence-electron chi connectivity index (χ4n) is 2.78. The molecule has 106 valence electrons. The van der Waals surface area contributed by atoms with Gasteiger partial charge in [-0.15, -0.1) is 0 Å². The molecule has 1 saturated carbocycles. The Balaban J connectivity index is 2.00. The van der Waals surface area contributed by atoms with Crippen LogP contribution in [0.2, 0.25) is 0 Å². The first-order chi connectivity index (χ1) is 8.90. The summed E-state index contributed by atoms with van der Waals surface area (Å²) in [5, 5.41) is 7.17. The van der Waals surface area contributed by atoms with Crippen molar-refractivity contribution in [2.45, 2.75) is 51.6 Å². The molecule has 1 aliphatic rings. The fourth-order valence-corrected chi connectivity index (χ4v) is 2.78. The Hall–Kier alpha value is -1.36. The monoisotopic (exact) mass is 264 g/mol. The molecule has 0 radical (unpaired) electrons. The largest absolute Gasteiger partial charge is 0.351 e. The lowest BCUT2D eigenvalue weighted by molar-refractivity contribution is -0.124. The van der Waals surface area contributed by atoms with Crippen LogP contribution in [-0.4, -0.2) is 21.7 Å². The zero-order chi connectivity index (χ0) is 14.0. The van der Waals surface area contributed by atoms with Crippen molar-refractivity contribution in [3.63, 3.8) is 0 Å². The third-order valence-corrected chi connectivity index (χ3v) is 4.19. The minimum absolute atomic E-state index is 0.104. The summed E-state index contributed by atoms with van der Waals surface area (Å²) in [5.74, 6) is -0.104. The first kappa shape index (κ1) is 14.1. The van der Waals surface area contributed by atoms with Gasteiger partial charge in [-0.3, -0.25) is 9.48 Å². The van der Waals surface area contributed by atoms with E-state index in [1.165, 1.54) is 12.8 Å². The third-order valence-electron chi connectivity index (χ3n) is 4.19. The molecule has 19 heavy (non-hydrogen) atoms. The van der Waals surface area contributed by atoms with E-state index in [9.17, 15) is 4.79 Å². The molecule has 1 aromatic rings. The molecule has 3 N–H and O–H groups in total. The molecule has 0 saturated heterocycles. The van der Waals surface area contributed by atoms with Crippen LogP contribution in [0.25, 0.3) is 0 Å². The molecular weight excluding hydrogens is 240 g/mol. The van der Waals surface area contributed by atoms with Gasteiger partial charge in [-0.05, 0) is 18.3 Å². The summed E-state index contributed by atoms with van der Waals surface area (Å²) in [5.41, 5.74) is 6.91. The van der Waals surface area contributed by atoms with Crippen LogP contribution in [0.1, 0.15) is 51.1 Å². The number of amides is 1. The number of nitrogens with zero attached hydrogens (tertiary/aromatic N) is 2. The van der Waals surface area contributed by atoms with Gasteiger partial charge in [0.1, 0.15) is 6.04 Å². The molecule has 1 aromatic heterocycles. The molecular formula is C14H24N4O. The van der Waals surface area contributed by atoms with Crippen LogP contribution in [0, 0.1) is 5.41 Å². The average molecular weight is 264 g/mol. The minimum atomic E-state index is -0.633. The second-order valence-corrected chi connectivity index (χ2v) is 6.22. The summed E-state index contributed by atoms with van der Waals surface area (Å²) >= 11 is 0. The Morgan fingerprint density at radius 1 is 1.58 bits per heavy atom. The lowest BCUT2D eigenvalue weighted by atomic mass is 9.73. The summed E-state index contributed by atoms with van der Waals surface area (Å²) in [6, 6.07) is -0.414. The van der Waals surface area contributed by atoms with Gasteiger partial charge in [-0.1, -0.05) is 26.7 Å². The number of carbonyl (C=O) groups excluding carboxylic acids is 1. The molecule has 2 atom stereocenters. The molecule has 1 amide bonds. The molecule has 1 fully saturated rings. The number of aryl methyl sites for hydroxylation is 1. The van der Waals surface area contributed by atoms with E-state index in [-0.39, 0.29) is 17.4 Å². The van der Waals surface area contributed by atoms with Crippen molar-refractivity contribution in [2.75, 3.05) is 0 Å². The number of aromatic nitrogens is 2. The Labute approximate surface area is 114 Å². The Morgan fingerprint density at radius 3 is 2.89 bits per heavy atom. The summed E-state index contributed by atoms with van der Waals surface area (Å²) in [7, 11) is 1.82. The van der Waals surface area contributed by atoms with E-state index in [1.807, 2.05) is 7.05 Å². The molecule has 5 nitrogen and oxygen atoms in total.